The van der Waals surface area contributed by atoms with E-state index in [9.17, 15) is 9.59 Å². The Morgan fingerprint density at radius 2 is 1.88 bits per heavy atom. The summed E-state index contributed by atoms with van der Waals surface area (Å²) >= 11 is 0. The number of rotatable bonds is 8. The summed E-state index contributed by atoms with van der Waals surface area (Å²) in [4.78, 5) is 23.6. The second kappa shape index (κ2) is 8.87. The predicted molar refractivity (Wildman–Crippen MR) is 97.5 cm³/mol. The second-order valence-corrected chi connectivity index (χ2v) is 6.29. The molecule has 5 nitrogen and oxygen atoms in total. The van der Waals surface area contributed by atoms with E-state index in [0.717, 1.165) is 12.0 Å². The van der Waals surface area contributed by atoms with Crippen molar-refractivity contribution in [2.75, 3.05) is 6.54 Å². The molecule has 25 heavy (non-hydrogen) atoms. The van der Waals surface area contributed by atoms with Gasteiger partial charge in [0.25, 0.3) is 11.8 Å². The molecule has 132 valence electrons. The molecule has 2 aromatic carbocycles. The largest absolute Gasteiger partial charge is 0.488 e. The number of amides is 2. The minimum atomic E-state index is -0.533. The molecule has 0 atom stereocenters. The van der Waals surface area contributed by atoms with E-state index in [4.69, 9.17) is 10.5 Å². The lowest BCUT2D eigenvalue weighted by atomic mass is 10.1. The Morgan fingerprint density at radius 3 is 2.60 bits per heavy atom. The normalized spacial score (nSPS) is 10.5. The number of ether oxygens (including phenoxy) is 1. The van der Waals surface area contributed by atoms with Crippen LogP contribution < -0.4 is 15.8 Å². The molecule has 0 aliphatic carbocycles. The molecule has 0 heterocycles. The molecule has 0 aliphatic rings. The van der Waals surface area contributed by atoms with Crippen LogP contribution in [0.4, 0.5) is 0 Å². The summed E-state index contributed by atoms with van der Waals surface area (Å²) in [6, 6.07) is 14.1. The Labute approximate surface area is 148 Å². The third-order valence-corrected chi connectivity index (χ3v) is 3.74. The third-order valence-electron chi connectivity index (χ3n) is 3.74. The maximum absolute atomic E-state index is 12.2. The first kappa shape index (κ1) is 18.5. The molecule has 0 aliphatic heterocycles. The quantitative estimate of drug-likeness (QED) is 0.774. The van der Waals surface area contributed by atoms with Crippen LogP contribution in [0.1, 0.15) is 46.5 Å². The number of nitrogens with two attached hydrogens (primary N) is 1. The van der Waals surface area contributed by atoms with Gasteiger partial charge in [-0.1, -0.05) is 38.1 Å². The highest BCUT2D eigenvalue weighted by molar-refractivity contribution is 5.95. The van der Waals surface area contributed by atoms with Gasteiger partial charge in [0.15, 0.2) is 0 Å². The van der Waals surface area contributed by atoms with Gasteiger partial charge in [0.05, 0.1) is 5.56 Å². The minimum absolute atomic E-state index is 0.0972. The standard InChI is InChI=1S/C20H24N2O3/c1-14(2)10-11-22-20(24)16-7-5-6-15(12-16)13-25-18-9-4-3-8-17(18)19(21)23/h3-9,12,14H,10-11,13H2,1-2H3,(H2,21,23)(H,22,24). The Hall–Kier alpha value is -2.82. The lowest BCUT2D eigenvalue weighted by molar-refractivity contribution is 0.0950. The van der Waals surface area contributed by atoms with Gasteiger partial charge in [-0.15, -0.1) is 0 Å². The fraction of sp³-hybridized carbons (Fsp3) is 0.300. The van der Waals surface area contributed by atoms with Gasteiger partial charge in [0, 0.05) is 12.1 Å². The molecule has 0 radical (unpaired) electrons. The van der Waals surface area contributed by atoms with Crippen LogP contribution in [-0.2, 0) is 6.61 Å². The van der Waals surface area contributed by atoms with Crippen LogP contribution in [-0.4, -0.2) is 18.4 Å². The van der Waals surface area contributed by atoms with Gasteiger partial charge in [0.2, 0.25) is 0 Å². The van der Waals surface area contributed by atoms with Crippen LogP contribution in [0.3, 0.4) is 0 Å². The fourth-order valence-electron chi connectivity index (χ4n) is 2.34. The summed E-state index contributed by atoms with van der Waals surface area (Å²) in [6.07, 6.45) is 0.943. The van der Waals surface area contributed by atoms with Gasteiger partial charge in [0.1, 0.15) is 12.4 Å². The van der Waals surface area contributed by atoms with Crippen molar-refractivity contribution in [3.8, 4) is 5.75 Å². The number of hydrogen-bond donors (Lipinski definition) is 2. The molecular formula is C20H24N2O3. The van der Waals surface area contributed by atoms with Gasteiger partial charge in [-0.25, -0.2) is 0 Å². The van der Waals surface area contributed by atoms with Gasteiger partial charge in [-0.05, 0) is 42.2 Å². The SMILES string of the molecule is CC(C)CCNC(=O)c1cccc(COc2ccccc2C(N)=O)c1. The minimum Gasteiger partial charge on any atom is -0.488 e. The number of para-hydroxylation sites is 1. The predicted octanol–water partition coefficient (Wildman–Crippen LogP) is 3.14. The molecule has 2 amide bonds. The molecule has 0 bridgehead atoms. The van der Waals surface area contributed by atoms with Crippen LogP contribution in [0.5, 0.6) is 5.75 Å². The Bertz CT molecular complexity index is 741. The zero-order valence-corrected chi connectivity index (χ0v) is 14.6. The number of nitrogens with one attached hydrogen (secondary N) is 1. The molecule has 0 aromatic heterocycles. The summed E-state index contributed by atoms with van der Waals surface area (Å²) in [5, 5.41) is 2.91. The van der Waals surface area contributed by atoms with Crippen LogP contribution >= 0.6 is 0 Å². The highest BCUT2D eigenvalue weighted by Crippen LogP contribution is 2.19. The number of primary amides is 1. The second-order valence-electron chi connectivity index (χ2n) is 6.29. The highest BCUT2D eigenvalue weighted by Gasteiger charge is 2.10. The van der Waals surface area contributed by atoms with E-state index in [1.54, 1.807) is 36.4 Å². The van der Waals surface area contributed by atoms with E-state index in [2.05, 4.69) is 19.2 Å². The zero-order chi connectivity index (χ0) is 18.2. The average molecular weight is 340 g/mol. The lowest BCUT2D eigenvalue weighted by Crippen LogP contribution is -2.25. The highest BCUT2D eigenvalue weighted by atomic mass is 16.5. The summed E-state index contributed by atoms with van der Waals surface area (Å²) in [5.74, 6) is 0.348. The molecule has 2 aromatic rings. The molecule has 0 saturated carbocycles. The van der Waals surface area contributed by atoms with E-state index >= 15 is 0 Å². The van der Waals surface area contributed by atoms with Crippen molar-refractivity contribution in [3.05, 3.63) is 65.2 Å². The molecule has 5 heteroatoms. The Morgan fingerprint density at radius 1 is 1.12 bits per heavy atom. The van der Waals surface area contributed by atoms with Crippen LogP contribution in [0, 0.1) is 5.92 Å². The molecule has 3 N–H and O–H groups in total. The van der Waals surface area contributed by atoms with Crippen LogP contribution in [0.2, 0.25) is 0 Å². The molecule has 0 unspecified atom stereocenters. The van der Waals surface area contributed by atoms with Crippen molar-refractivity contribution < 1.29 is 14.3 Å². The van der Waals surface area contributed by atoms with Crippen molar-refractivity contribution in [3.63, 3.8) is 0 Å². The van der Waals surface area contributed by atoms with E-state index in [0.29, 0.717) is 29.3 Å². The number of carbonyl (C=O) groups excluding carboxylic acids is 2. The molecule has 0 spiro atoms. The molecular weight excluding hydrogens is 316 g/mol. The molecule has 2 rings (SSSR count). The van der Waals surface area contributed by atoms with Gasteiger partial charge >= 0.3 is 0 Å². The van der Waals surface area contributed by atoms with E-state index in [1.807, 2.05) is 12.1 Å². The van der Waals surface area contributed by atoms with Gasteiger partial charge in [-0.2, -0.15) is 0 Å². The Balaban J connectivity index is 2.00. The Kier molecular flexibility index (Phi) is 6.57. The summed E-state index contributed by atoms with van der Waals surface area (Å²) in [5.41, 5.74) is 7.12. The fourth-order valence-corrected chi connectivity index (χ4v) is 2.34. The summed E-state index contributed by atoms with van der Waals surface area (Å²) < 4.78 is 5.70. The smallest absolute Gasteiger partial charge is 0.252 e. The van der Waals surface area contributed by atoms with Crippen molar-refractivity contribution in [1.82, 2.24) is 5.32 Å². The topological polar surface area (TPSA) is 81.4 Å². The van der Waals surface area contributed by atoms with Crippen molar-refractivity contribution in [2.45, 2.75) is 26.9 Å². The van der Waals surface area contributed by atoms with Crippen molar-refractivity contribution >= 4 is 11.8 Å². The number of carbonyl (C=O) groups is 2. The molecule has 0 fully saturated rings. The van der Waals surface area contributed by atoms with Gasteiger partial charge < -0.3 is 15.8 Å². The van der Waals surface area contributed by atoms with Crippen molar-refractivity contribution in [1.29, 1.82) is 0 Å². The molecule has 0 saturated heterocycles. The number of hydrogen-bond acceptors (Lipinski definition) is 3. The van der Waals surface area contributed by atoms with E-state index in [1.165, 1.54) is 0 Å². The van der Waals surface area contributed by atoms with Crippen molar-refractivity contribution in [2.24, 2.45) is 11.7 Å². The first-order valence-electron chi connectivity index (χ1n) is 8.36. The zero-order valence-electron chi connectivity index (χ0n) is 14.6. The van der Waals surface area contributed by atoms with Gasteiger partial charge in [-0.3, -0.25) is 9.59 Å². The number of benzene rings is 2. The van der Waals surface area contributed by atoms with Crippen LogP contribution in [0.15, 0.2) is 48.5 Å². The van der Waals surface area contributed by atoms with Crippen LogP contribution in [0.25, 0.3) is 0 Å². The first-order valence-corrected chi connectivity index (χ1v) is 8.36. The monoisotopic (exact) mass is 340 g/mol. The lowest BCUT2D eigenvalue weighted by Gasteiger charge is -2.11. The average Bonchev–Trinajstić information content (AvgIpc) is 2.60. The van der Waals surface area contributed by atoms with E-state index in [-0.39, 0.29) is 12.5 Å². The summed E-state index contributed by atoms with van der Waals surface area (Å²) in [6.45, 7) is 5.14. The third kappa shape index (κ3) is 5.64. The maximum atomic E-state index is 12.2. The maximum Gasteiger partial charge on any atom is 0.252 e. The first-order chi connectivity index (χ1) is 12.0. The summed E-state index contributed by atoms with van der Waals surface area (Å²) in [7, 11) is 0. The van der Waals surface area contributed by atoms with E-state index < -0.39 is 5.91 Å².